The number of unbranched alkanes of at least 4 members (excludes halogenated alkanes) is 4. The molecule has 0 rings (SSSR count). The van der Waals surface area contributed by atoms with Crippen LogP contribution in [0.15, 0.2) is 0 Å². The molecule has 17 heavy (non-hydrogen) atoms. The van der Waals surface area contributed by atoms with Crippen LogP contribution in [0.25, 0.3) is 0 Å². The maximum atomic E-state index is 10.0. The summed E-state index contributed by atoms with van der Waals surface area (Å²) in [6.45, 7) is 7.19. The highest BCUT2D eigenvalue weighted by Crippen LogP contribution is 2.04. The van der Waals surface area contributed by atoms with E-state index in [9.17, 15) is 4.79 Å². The molecule has 0 spiro atoms. The van der Waals surface area contributed by atoms with Gasteiger partial charge in [0.2, 0.25) is 0 Å². The van der Waals surface area contributed by atoms with E-state index in [0.717, 1.165) is 12.8 Å². The van der Waals surface area contributed by atoms with E-state index in [-0.39, 0.29) is 6.61 Å². The van der Waals surface area contributed by atoms with E-state index in [4.69, 9.17) is 10.2 Å². The van der Waals surface area contributed by atoms with Crippen LogP contribution in [0.1, 0.15) is 59.3 Å². The van der Waals surface area contributed by atoms with E-state index in [0.29, 0.717) is 19.0 Å². The zero-order valence-corrected chi connectivity index (χ0v) is 11.5. The van der Waals surface area contributed by atoms with Crippen molar-refractivity contribution in [3.8, 4) is 0 Å². The fourth-order valence-corrected chi connectivity index (χ4v) is 1.23. The molecular weight excluding hydrogens is 218 g/mol. The third kappa shape index (κ3) is 25.6. The number of hydrogen-bond donors (Lipinski definition) is 3. The minimum Gasteiger partial charge on any atom is -0.481 e. The first-order valence-corrected chi connectivity index (χ1v) is 6.60. The number of carbonyl (C=O) groups is 1. The molecule has 0 aliphatic carbocycles. The van der Waals surface area contributed by atoms with Crippen molar-refractivity contribution in [3.05, 3.63) is 0 Å². The Hall–Kier alpha value is -0.610. The highest BCUT2D eigenvalue weighted by atomic mass is 16.4. The molecule has 4 nitrogen and oxygen atoms in total. The number of aliphatic hydroxyl groups excluding tert-OH is 1. The fourth-order valence-electron chi connectivity index (χ4n) is 1.23. The minimum atomic E-state index is -0.670. The Labute approximate surface area is 105 Å². The molecule has 0 amide bonds. The van der Waals surface area contributed by atoms with Gasteiger partial charge in [0.05, 0.1) is 6.61 Å². The van der Waals surface area contributed by atoms with Crippen molar-refractivity contribution in [1.29, 1.82) is 0 Å². The number of hydrogen-bond acceptors (Lipinski definition) is 3. The normalized spacial score (nSPS) is 9.94. The lowest BCUT2D eigenvalue weighted by Gasteiger charge is -2.03. The lowest BCUT2D eigenvalue weighted by molar-refractivity contribution is -0.137. The van der Waals surface area contributed by atoms with Crippen molar-refractivity contribution < 1.29 is 15.0 Å². The molecule has 0 heterocycles. The van der Waals surface area contributed by atoms with Crippen molar-refractivity contribution in [2.24, 2.45) is 0 Å². The number of carboxylic acids is 1. The molecule has 0 aliphatic rings. The van der Waals surface area contributed by atoms with Crippen molar-refractivity contribution in [1.82, 2.24) is 5.32 Å². The molecule has 0 aliphatic heterocycles. The Morgan fingerprint density at radius 3 is 2.12 bits per heavy atom. The van der Waals surface area contributed by atoms with E-state index < -0.39 is 5.97 Å². The standard InChI is InChI=1S/C8H16O2.C5H13NO/c1-2-3-4-5-6-7-8(9)10;1-5(2)6-3-4-7/h2-7H2,1H3,(H,9,10);5-7H,3-4H2,1-2H3. The molecule has 0 atom stereocenters. The monoisotopic (exact) mass is 247 g/mol. The molecule has 4 heteroatoms. The SMILES string of the molecule is CC(C)NCCO.CCCCCCCC(=O)O. The number of aliphatic carboxylic acids is 1. The van der Waals surface area contributed by atoms with Crippen LogP contribution in [-0.2, 0) is 4.79 Å². The zero-order valence-electron chi connectivity index (χ0n) is 11.5. The molecule has 0 saturated carbocycles. The summed E-state index contributed by atoms with van der Waals surface area (Å²) in [6.07, 6.45) is 5.88. The molecule has 0 aromatic rings. The van der Waals surface area contributed by atoms with E-state index >= 15 is 0 Å². The van der Waals surface area contributed by atoms with E-state index in [1.165, 1.54) is 19.3 Å². The summed E-state index contributed by atoms with van der Waals surface area (Å²) in [5.41, 5.74) is 0. The summed E-state index contributed by atoms with van der Waals surface area (Å²) in [6, 6.07) is 0.493. The second-order valence-corrected chi connectivity index (χ2v) is 4.39. The van der Waals surface area contributed by atoms with Gasteiger partial charge in [-0.05, 0) is 6.42 Å². The molecule has 0 aromatic heterocycles. The van der Waals surface area contributed by atoms with Gasteiger partial charge in [0.15, 0.2) is 0 Å². The molecule has 0 bridgehead atoms. The van der Waals surface area contributed by atoms with E-state index in [1.54, 1.807) is 0 Å². The van der Waals surface area contributed by atoms with Gasteiger partial charge in [-0.2, -0.15) is 0 Å². The van der Waals surface area contributed by atoms with Crippen molar-refractivity contribution >= 4 is 5.97 Å². The van der Waals surface area contributed by atoms with Crippen LogP contribution < -0.4 is 5.32 Å². The molecule has 0 aromatic carbocycles. The van der Waals surface area contributed by atoms with E-state index in [2.05, 4.69) is 26.1 Å². The first-order chi connectivity index (χ1) is 8.04. The molecule has 0 saturated heterocycles. The fraction of sp³-hybridized carbons (Fsp3) is 0.923. The number of nitrogens with one attached hydrogen (secondary N) is 1. The molecule has 0 radical (unpaired) electrons. The summed E-state index contributed by atoms with van der Waals surface area (Å²) >= 11 is 0. The predicted molar refractivity (Wildman–Crippen MR) is 71.2 cm³/mol. The lowest BCUT2D eigenvalue weighted by atomic mass is 10.1. The Balaban J connectivity index is 0. The molecule has 0 fully saturated rings. The third-order valence-electron chi connectivity index (χ3n) is 2.16. The number of rotatable bonds is 9. The maximum absolute atomic E-state index is 10.0. The van der Waals surface area contributed by atoms with Gasteiger partial charge in [-0.15, -0.1) is 0 Å². The summed E-state index contributed by atoms with van der Waals surface area (Å²) in [5.74, 6) is -0.670. The Kier molecular flexibility index (Phi) is 17.0. The van der Waals surface area contributed by atoms with Crippen LogP contribution in [0.3, 0.4) is 0 Å². The highest BCUT2D eigenvalue weighted by molar-refractivity contribution is 5.66. The smallest absolute Gasteiger partial charge is 0.303 e. The topological polar surface area (TPSA) is 69.6 Å². The van der Waals surface area contributed by atoms with Crippen molar-refractivity contribution in [2.75, 3.05) is 13.2 Å². The first-order valence-electron chi connectivity index (χ1n) is 6.60. The molecule has 3 N–H and O–H groups in total. The van der Waals surface area contributed by atoms with Gasteiger partial charge in [-0.1, -0.05) is 46.5 Å². The van der Waals surface area contributed by atoms with Crippen LogP contribution in [0.5, 0.6) is 0 Å². The predicted octanol–water partition coefficient (Wildman–Crippen LogP) is 2.41. The van der Waals surface area contributed by atoms with Crippen molar-refractivity contribution in [3.63, 3.8) is 0 Å². The van der Waals surface area contributed by atoms with Gasteiger partial charge >= 0.3 is 5.97 Å². The van der Waals surface area contributed by atoms with Crippen LogP contribution in [-0.4, -0.2) is 35.4 Å². The lowest BCUT2D eigenvalue weighted by Crippen LogP contribution is -2.25. The Bertz CT molecular complexity index is 161. The van der Waals surface area contributed by atoms with Gasteiger partial charge in [0.25, 0.3) is 0 Å². The first kappa shape index (κ1) is 18.7. The summed E-state index contributed by atoms with van der Waals surface area (Å²) in [7, 11) is 0. The maximum Gasteiger partial charge on any atom is 0.303 e. The zero-order chi connectivity index (χ0) is 13.5. The van der Waals surface area contributed by atoms with Crippen LogP contribution in [0.4, 0.5) is 0 Å². The average Bonchev–Trinajstić information content (AvgIpc) is 2.26. The Morgan fingerprint density at radius 1 is 1.18 bits per heavy atom. The minimum absolute atomic E-state index is 0.234. The van der Waals surface area contributed by atoms with Gasteiger partial charge < -0.3 is 15.5 Å². The van der Waals surface area contributed by atoms with Crippen molar-refractivity contribution in [2.45, 2.75) is 65.3 Å². The number of carboxylic acid groups (broad SMARTS) is 1. The number of aliphatic hydroxyl groups is 1. The van der Waals surface area contributed by atoms with Crippen LogP contribution in [0, 0.1) is 0 Å². The van der Waals surface area contributed by atoms with Gasteiger partial charge in [0.1, 0.15) is 0 Å². The summed E-state index contributed by atoms with van der Waals surface area (Å²) < 4.78 is 0. The largest absolute Gasteiger partial charge is 0.481 e. The second kappa shape index (κ2) is 15.4. The van der Waals surface area contributed by atoms with Gasteiger partial charge in [0, 0.05) is 19.0 Å². The van der Waals surface area contributed by atoms with Gasteiger partial charge in [-0.3, -0.25) is 4.79 Å². The van der Waals surface area contributed by atoms with Gasteiger partial charge in [-0.25, -0.2) is 0 Å². The second-order valence-electron chi connectivity index (χ2n) is 4.39. The molecular formula is C13H29NO3. The Morgan fingerprint density at radius 2 is 1.76 bits per heavy atom. The van der Waals surface area contributed by atoms with Crippen LogP contribution >= 0.6 is 0 Å². The quantitative estimate of drug-likeness (QED) is 0.547. The highest BCUT2D eigenvalue weighted by Gasteiger charge is 1.94. The van der Waals surface area contributed by atoms with E-state index in [1.807, 2.05) is 0 Å². The molecule has 104 valence electrons. The molecule has 0 unspecified atom stereocenters. The van der Waals surface area contributed by atoms with Crippen LogP contribution in [0.2, 0.25) is 0 Å². The summed E-state index contributed by atoms with van der Waals surface area (Å²) in [4.78, 5) is 10.0. The third-order valence-corrected chi connectivity index (χ3v) is 2.16. The average molecular weight is 247 g/mol. The summed E-state index contributed by atoms with van der Waals surface area (Å²) in [5, 5.41) is 19.6.